The molecule has 8 heteroatoms. The summed E-state index contributed by atoms with van der Waals surface area (Å²) in [7, 11) is 2.96. The summed E-state index contributed by atoms with van der Waals surface area (Å²) >= 11 is 0. The van der Waals surface area contributed by atoms with Gasteiger partial charge in [-0.1, -0.05) is 0 Å². The predicted molar refractivity (Wildman–Crippen MR) is 55.1 cm³/mol. The first-order chi connectivity index (χ1) is 7.44. The van der Waals surface area contributed by atoms with Crippen LogP contribution in [0, 0.1) is 0 Å². The minimum Gasteiger partial charge on any atom is -0.480 e. The van der Waals surface area contributed by atoms with Crippen LogP contribution in [-0.4, -0.2) is 71.8 Å². The van der Waals surface area contributed by atoms with Gasteiger partial charge in [0.05, 0.1) is 13.2 Å². The number of carboxylic acids is 2. The van der Waals surface area contributed by atoms with E-state index in [2.05, 4.69) is 10.6 Å². The molecular formula is C8H18N2O6. The summed E-state index contributed by atoms with van der Waals surface area (Å²) in [5.74, 6) is -2.06. The van der Waals surface area contributed by atoms with Gasteiger partial charge in [-0.05, 0) is 14.1 Å². The van der Waals surface area contributed by atoms with Crippen LogP contribution in [0.25, 0.3) is 0 Å². The maximum atomic E-state index is 9.94. The molecule has 0 saturated heterocycles. The van der Waals surface area contributed by atoms with Crippen LogP contribution >= 0.6 is 0 Å². The first-order valence-electron chi connectivity index (χ1n) is 4.46. The zero-order valence-electron chi connectivity index (χ0n) is 9.17. The molecule has 0 aliphatic rings. The third kappa shape index (κ3) is 8.12. The molecule has 0 bridgehead atoms. The highest BCUT2D eigenvalue weighted by Crippen LogP contribution is 1.77. The molecule has 96 valence electrons. The molecular weight excluding hydrogens is 220 g/mol. The van der Waals surface area contributed by atoms with Gasteiger partial charge in [-0.25, -0.2) is 0 Å². The molecule has 0 unspecified atom stereocenters. The molecule has 0 heterocycles. The van der Waals surface area contributed by atoms with Gasteiger partial charge >= 0.3 is 11.9 Å². The van der Waals surface area contributed by atoms with Crippen LogP contribution in [-0.2, 0) is 9.59 Å². The fraction of sp³-hybridized carbons (Fsp3) is 0.750. The summed E-state index contributed by atoms with van der Waals surface area (Å²) in [6.45, 7) is -0.738. The second-order valence-electron chi connectivity index (χ2n) is 2.72. The third-order valence-corrected chi connectivity index (χ3v) is 1.66. The molecule has 0 aliphatic heterocycles. The number of nitrogens with one attached hydrogen (secondary N) is 2. The summed E-state index contributed by atoms with van der Waals surface area (Å²) in [6, 6.07) is -1.65. The number of aliphatic hydroxyl groups excluding tert-OH is 2. The van der Waals surface area contributed by atoms with E-state index in [4.69, 9.17) is 20.4 Å². The van der Waals surface area contributed by atoms with E-state index in [9.17, 15) is 9.59 Å². The molecule has 16 heavy (non-hydrogen) atoms. The lowest BCUT2D eigenvalue weighted by molar-refractivity contribution is -0.141. The van der Waals surface area contributed by atoms with Gasteiger partial charge in [0, 0.05) is 0 Å². The zero-order chi connectivity index (χ0) is 13.1. The molecule has 0 fully saturated rings. The maximum Gasteiger partial charge on any atom is 0.323 e. The maximum absolute atomic E-state index is 9.94. The summed E-state index contributed by atoms with van der Waals surface area (Å²) in [4.78, 5) is 19.9. The van der Waals surface area contributed by atoms with Gasteiger partial charge in [-0.3, -0.25) is 9.59 Å². The number of hydrogen-bond donors (Lipinski definition) is 6. The van der Waals surface area contributed by atoms with E-state index in [0.29, 0.717) is 0 Å². The smallest absolute Gasteiger partial charge is 0.323 e. The Labute approximate surface area is 92.9 Å². The average Bonchev–Trinajstić information content (AvgIpc) is 2.21. The minimum atomic E-state index is -1.03. The highest BCUT2D eigenvalue weighted by molar-refractivity contribution is 5.73. The van der Waals surface area contributed by atoms with Crippen molar-refractivity contribution in [3.8, 4) is 0 Å². The van der Waals surface area contributed by atoms with E-state index in [0.717, 1.165) is 0 Å². The number of carbonyl (C=O) groups is 2. The predicted octanol–water partition coefficient (Wildman–Crippen LogP) is -2.70. The van der Waals surface area contributed by atoms with Gasteiger partial charge in [-0.2, -0.15) is 0 Å². The highest BCUT2D eigenvalue weighted by Gasteiger charge is 2.11. The van der Waals surface area contributed by atoms with Gasteiger partial charge in [0.2, 0.25) is 0 Å². The summed E-state index contributed by atoms with van der Waals surface area (Å²) in [5, 5.41) is 37.6. The Morgan fingerprint density at radius 3 is 1.19 bits per heavy atom. The van der Waals surface area contributed by atoms with Gasteiger partial charge in [0.25, 0.3) is 0 Å². The van der Waals surface area contributed by atoms with Crippen molar-refractivity contribution in [1.29, 1.82) is 0 Å². The molecule has 0 amide bonds. The molecule has 0 spiro atoms. The van der Waals surface area contributed by atoms with Crippen LogP contribution in [0.3, 0.4) is 0 Å². The number of rotatable bonds is 6. The molecule has 6 N–H and O–H groups in total. The molecule has 0 aromatic carbocycles. The second-order valence-corrected chi connectivity index (χ2v) is 2.72. The normalized spacial score (nSPS) is 13.2. The average molecular weight is 238 g/mol. The number of hydrogen-bond acceptors (Lipinski definition) is 6. The number of carboxylic acid groups (broad SMARTS) is 2. The Kier molecular flexibility index (Phi) is 11.1. The summed E-state index contributed by atoms with van der Waals surface area (Å²) < 4.78 is 0. The molecule has 0 aromatic rings. The first kappa shape index (κ1) is 17.2. The molecule has 0 radical (unpaired) electrons. The van der Waals surface area contributed by atoms with Crippen LogP contribution in [0.4, 0.5) is 0 Å². The summed E-state index contributed by atoms with van der Waals surface area (Å²) in [5.41, 5.74) is 0. The van der Waals surface area contributed by atoms with Gasteiger partial charge in [0.1, 0.15) is 12.1 Å². The first-order valence-corrected chi connectivity index (χ1v) is 4.46. The lowest BCUT2D eigenvalue weighted by Crippen LogP contribution is -2.36. The fourth-order valence-corrected chi connectivity index (χ4v) is 0.586. The molecule has 8 nitrogen and oxygen atoms in total. The minimum absolute atomic E-state index is 0.369. The molecule has 0 rings (SSSR count). The standard InChI is InChI=1S/2C4H9NO3/c2*1-5-3(2-6)4(7)8/h2*3,5-6H,2H2,1H3,(H,7,8)/t2*3-/m00/s1. The summed E-state index contributed by atoms with van der Waals surface area (Å²) in [6.07, 6.45) is 0. The highest BCUT2D eigenvalue weighted by atomic mass is 16.4. The van der Waals surface area contributed by atoms with Crippen molar-refractivity contribution in [1.82, 2.24) is 10.6 Å². The quantitative estimate of drug-likeness (QED) is 0.294. The zero-order valence-corrected chi connectivity index (χ0v) is 9.17. The molecule has 0 aliphatic carbocycles. The number of aliphatic hydroxyl groups is 2. The van der Waals surface area contributed by atoms with Crippen LogP contribution < -0.4 is 10.6 Å². The second kappa shape index (κ2) is 10.3. The van der Waals surface area contributed by atoms with Crippen molar-refractivity contribution in [3.63, 3.8) is 0 Å². The van der Waals surface area contributed by atoms with Crippen molar-refractivity contribution in [2.24, 2.45) is 0 Å². The molecule has 2 atom stereocenters. The van der Waals surface area contributed by atoms with E-state index >= 15 is 0 Å². The number of aliphatic carboxylic acids is 2. The Morgan fingerprint density at radius 1 is 0.938 bits per heavy atom. The Bertz CT molecular complexity index is 181. The Morgan fingerprint density at radius 2 is 1.19 bits per heavy atom. The van der Waals surface area contributed by atoms with Crippen LogP contribution in [0.1, 0.15) is 0 Å². The van der Waals surface area contributed by atoms with E-state index in [1.165, 1.54) is 14.1 Å². The van der Waals surface area contributed by atoms with E-state index in [-0.39, 0.29) is 13.2 Å². The van der Waals surface area contributed by atoms with Crippen molar-refractivity contribution in [2.45, 2.75) is 12.1 Å². The monoisotopic (exact) mass is 238 g/mol. The van der Waals surface area contributed by atoms with Crippen LogP contribution in [0.2, 0.25) is 0 Å². The lowest BCUT2D eigenvalue weighted by atomic mass is 10.3. The van der Waals surface area contributed by atoms with Gasteiger partial charge < -0.3 is 31.1 Å². The van der Waals surface area contributed by atoms with Crippen molar-refractivity contribution < 1.29 is 30.0 Å². The lowest BCUT2D eigenvalue weighted by Gasteiger charge is -2.04. The third-order valence-electron chi connectivity index (χ3n) is 1.66. The van der Waals surface area contributed by atoms with Gasteiger partial charge in [0.15, 0.2) is 0 Å². The SMILES string of the molecule is CN[C@@H](CO)C(=O)O.CN[C@@H](CO)C(=O)O. The fourth-order valence-electron chi connectivity index (χ4n) is 0.586. The van der Waals surface area contributed by atoms with Crippen molar-refractivity contribution in [2.75, 3.05) is 27.3 Å². The van der Waals surface area contributed by atoms with E-state index in [1.807, 2.05) is 0 Å². The Hall–Kier alpha value is -1.22. The van der Waals surface area contributed by atoms with Crippen molar-refractivity contribution >= 4 is 11.9 Å². The van der Waals surface area contributed by atoms with Crippen LogP contribution in [0.15, 0.2) is 0 Å². The molecule has 0 aromatic heterocycles. The topological polar surface area (TPSA) is 139 Å². The largest absolute Gasteiger partial charge is 0.480 e. The molecule has 0 saturated carbocycles. The number of likely N-dealkylation sites (N-methyl/N-ethyl adjacent to an activating group) is 2. The Balaban J connectivity index is 0. The van der Waals surface area contributed by atoms with E-state index < -0.39 is 24.0 Å². The van der Waals surface area contributed by atoms with E-state index in [1.54, 1.807) is 0 Å². The van der Waals surface area contributed by atoms with Gasteiger partial charge in [-0.15, -0.1) is 0 Å². The van der Waals surface area contributed by atoms with Crippen LogP contribution in [0.5, 0.6) is 0 Å². The van der Waals surface area contributed by atoms with Crippen molar-refractivity contribution in [3.05, 3.63) is 0 Å².